The van der Waals surface area contributed by atoms with E-state index in [2.05, 4.69) is 24.0 Å². The van der Waals surface area contributed by atoms with Crippen molar-refractivity contribution in [2.45, 2.75) is 18.9 Å². The summed E-state index contributed by atoms with van der Waals surface area (Å²) in [5.74, 6) is 0.290. The molecule has 0 bridgehead atoms. The first kappa shape index (κ1) is 9.97. The van der Waals surface area contributed by atoms with E-state index in [-0.39, 0.29) is 17.9 Å². The third kappa shape index (κ3) is 2.09. The number of amides is 1. The molecule has 0 aliphatic carbocycles. The Bertz CT molecular complexity index is 358. The van der Waals surface area contributed by atoms with Crippen LogP contribution in [0.3, 0.4) is 0 Å². The summed E-state index contributed by atoms with van der Waals surface area (Å²) in [7, 11) is 0. The van der Waals surface area contributed by atoms with E-state index in [1.165, 1.54) is 5.56 Å². The molecule has 2 atom stereocenters. The molecule has 1 aliphatic rings. The highest BCUT2D eigenvalue weighted by atomic mass is 16.2. The molecule has 2 heteroatoms. The average Bonchev–Trinajstić information content (AvgIpc) is 2.27. The Kier molecular flexibility index (Phi) is 2.86. The molecule has 0 unspecified atom stereocenters. The Labute approximate surface area is 90.0 Å². The quantitative estimate of drug-likeness (QED) is 0.585. The van der Waals surface area contributed by atoms with Crippen molar-refractivity contribution in [1.29, 1.82) is 0 Å². The number of rotatable bonds is 4. The van der Waals surface area contributed by atoms with Crippen LogP contribution in [0.25, 0.3) is 0 Å². The maximum absolute atomic E-state index is 11.3. The molecule has 2 rings (SSSR count). The fraction of sp³-hybridized carbons (Fsp3) is 0.308. The van der Waals surface area contributed by atoms with Gasteiger partial charge in [0.15, 0.2) is 0 Å². The molecule has 0 saturated carbocycles. The number of benzene rings is 1. The van der Waals surface area contributed by atoms with Gasteiger partial charge in [0.1, 0.15) is 0 Å². The van der Waals surface area contributed by atoms with Gasteiger partial charge in [-0.05, 0) is 18.4 Å². The van der Waals surface area contributed by atoms with Crippen molar-refractivity contribution in [1.82, 2.24) is 5.32 Å². The van der Waals surface area contributed by atoms with Crippen LogP contribution in [0.1, 0.15) is 12.0 Å². The van der Waals surface area contributed by atoms with Crippen LogP contribution < -0.4 is 5.32 Å². The van der Waals surface area contributed by atoms with Crippen LogP contribution in [0, 0.1) is 5.92 Å². The third-order valence-corrected chi connectivity index (χ3v) is 2.87. The van der Waals surface area contributed by atoms with Gasteiger partial charge in [0.2, 0.25) is 5.91 Å². The molecule has 1 fully saturated rings. The van der Waals surface area contributed by atoms with Gasteiger partial charge in [-0.15, -0.1) is 6.58 Å². The summed E-state index contributed by atoms with van der Waals surface area (Å²) in [6.07, 6.45) is 3.52. The smallest absolute Gasteiger partial charge is 0.225 e. The number of nitrogens with one attached hydrogen (secondary N) is 1. The lowest BCUT2D eigenvalue weighted by molar-refractivity contribution is -0.134. The SMILES string of the molecule is C=CC[C@@H]1C(=O)N[C@H]1Cc1ccccc1. The normalized spacial score (nSPS) is 24.1. The van der Waals surface area contributed by atoms with Crippen molar-refractivity contribution in [2.24, 2.45) is 5.92 Å². The molecule has 1 aromatic rings. The molecular weight excluding hydrogens is 186 g/mol. The standard InChI is InChI=1S/C13H15NO/c1-2-6-11-12(14-13(11)15)9-10-7-4-3-5-8-10/h2-5,7-8,11-12H,1,6,9H2,(H,14,15)/t11-,12-/m0/s1. The Morgan fingerprint density at radius 1 is 1.33 bits per heavy atom. The second kappa shape index (κ2) is 4.30. The number of allylic oxidation sites excluding steroid dienone is 1. The summed E-state index contributed by atoms with van der Waals surface area (Å²) >= 11 is 0. The lowest BCUT2D eigenvalue weighted by atomic mass is 9.83. The summed E-state index contributed by atoms with van der Waals surface area (Å²) in [6, 6.07) is 10.5. The van der Waals surface area contributed by atoms with Crippen molar-refractivity contribution in [3.05, 3.63) is 48.6 Å². The molecule has 1 amide bonds. The number of carbonyl (C=O) groups excluding carboxylic acids is 1. The molecule has 2 nitrogen and oxygen atoms in total. The van der Waals surface area contributed by atoms with Crippen LogP contribution in [-0.2, 0) is 11.2 Å². The van der Waals surface area contributed by atoms with Gasteiger partial charge in [-0.25, -0.2) is 0 Å². The van der Waals surface area contributed by atoms with Gasteiger partial charge in [0.25, 0.3) is 0 Å². The maximum Gasteiger partial charge on any atom is 0.225 e. The first-order chi connectivity index (χ1) is 7.31. The van der Waals surface area contributed by atoms with E-state index in [1.807, 2.05) is 24.3 Å². The van der Waals surface area contributed by atoms with Crippen LogP contribution in [0.15, 0.2) is 43.0 Å². The van der Waals surface area contributed by atoms with Gasteiger partial charge in [-0.1, -0.05) is 36.4 Å². The average molecular weight is 201 g/mol. The zero-order valence-electron chi connectivity index (χ0n) is 8.65. The fourth-order valence-corrected chi connectivity index (χ4v) is 1.99. The van der Waals surface area contributed by atoms with E-state index in [0.717, 1.165) is 12.8 Å². The highest BCUT2D eigenvalue weighted by Gasteiger charge is 2.37. The molecular formula is C13H15NO. The Balaban J connectivity index is 1.96. The highest BCUT2D eigenvalue weighted by Crippen LogP contribution is 2.22. The number of β-lactam (4-membered cyclic amide) rings is 1. The lowest BCUT2D eigenvalue weighted by Gasteiger charge is -2.36. The van der Waals surface area contributed by atoms with E-state index in [1.54, 1.807) is 0 Å². The first-order valence-electron chi connectivity index (χ1n) is 5.26. The Morgan fingerprint density at radius 2 is 2.07 bits per heavy atom. The summed E-state index contributed by atoms with van der Waals surface area (Å²) in [4.78, 5) is 11.3. The molecule has 0 aromatic heterocycles. The van der Waals surface area contributed by atoms with E-state index in [4.69, 9.17) is 0 Å². The van der Waals surface area contributed by atoms with Crippen molar-refractivity contribution < 1.29 is 4.79 Å². The van der Waals surface area contributed by atoms with Crippen molar-refractivity contribution in [3.8, 4) is 0 Å². The van der Waals surface area contributed by atoms with Crippen LogP contribution in [0.4, 0.5) is 0 Å². The Hall–Kier alpha value is -1.57. The zero-order valence-corrected chi connectivity index (χ0v) is 8.65. The lowest BCUT2D eigenvalue weighted by Crippen LogP contribution is -2.58. The minimum atomic E-state index is 0.128. The van der Waals surface area contributed by atoms with Crippen molar-refractivity contribution in [2.75, 3.05) is 0 Å². The largest absolute Gasteiger partial charge is 0.352 e. The van der Waals surface area contributed by atoms with Gasteiger partial charge in [0.05, 0.1) is 5.92 Å². The van der Waals surface area contributed by atoms with Gasteiger partial charge in [-0.3, -0.25) is 4.79 Å². The van der Waals surface area contributed by atoms with Crippen LogP contribution in [-0.4, -0.2) is 11.9 Å². The van der Waals surface area contributed by atoms with Crippen LogP contribution in [0.5, 0.6) is 0 Å². The number of carbonyl (C=O) groups is 1. The van der Waals surface area contributed by atoms with Crippen LogP contribution in [0.2, 0.25) is 0 Å². The molecule has 1 aromatic carbocycles. The summed E-state index contributed by atoms with van der Waals surface area (Å²) in [5, 5.41) is 2.94. The molecule has 0 radical (unpaired) electrons. The summed E-state index contributed by atoms with van der Waals surface area (Å²) < 4.78 is 0. The second-order valence-electron chi connectivity index (χ2n) is 3.94. The summed E-state index contributed by atoms with van der Waals surface area (Å²) in [5.41, 5.74) is 1.27. The van der Waals surface area contributed by atoms with Crippen molar-refractivity contribution in [3.63, 3.8) is 0 Å². The zero-order chi connectivity index (χ0) is 10.7. The van der Waals surface area contributed by atoms with E-state index < -0.39 is 0 Å². The molecule has 78 valence electrons. The second-order valence-corrected chi connectivity index (χ2v) is 3.94. The Morgan fingerprint density at radius 3 is 2.67 bits per heavy atom. The molecule has 1 saturated heterocycles. The van der Waals surface area contributed by atoms with E-state index >= 15 is 0 Å². The van der Waals surface area contributed by atoms with E-state index in [0.29, 0.717) is 0 Å². The maximum atomic E-state index is 11.3. The molecule has 1 N–H and O–H groups in total. The predicted octanol–water partition coefficient (Wildman–Crippen LogP) is 1.92. The third-order valence-electron chi connectivity index (χ3n) is 2.87. The monoisotopic (exact) mass is 201 g/mol. The fourth-order valence-electron chi connectivity index (χ4n) is 1.99. The van der Waals surface area contributed by atoms with Gasteiger partial charge in [0, 0.05) is 6.04 Å². The number of hydrogen-bond acceptors (Lipinski definition) is 1. The van der Waals surface area contributed by atoms with Crippen LogP contribution >= 0.6 is 0 Å². The predicted molar refractivity (Wildman–Crippen MR) is 60.4 cm³/mol. The summed E-state index contributed by atoms with van der Waals surface area (Å²) in [6.45, 7) is 3.68. The van der Waals surface area contributed by atoms with Gasteiger partial charge in [-0.2, -0.15) is 0 Å². The van der Waals surface area contributed by atoms with Gasteiger partial charge < -0.3 is 5.32 Å². The molecule has 15 heavy (non-hydrogen) atoms. The minimum absolute atomic E-state index is 0.128. The minimum Gasteiger partial charge on any atom is -0.352 e. The molecule has 1 heterocycles. The van der Waals surface area contributed by atoms with E-state index in [9.17, 15) is 4.79 Å². The first-order valence-corrected chi connectivity index (χ1v) is 5.26. The highest BCUT2D eigenvalue weighted by molar-refractivity contribution is 5.86. The molecule has 1 aliphatic heterocycles. The molecule has 0 spiro atoms. The topological polar surface area (TPSA) is 29.1 Å². The van der Waals surface area contributed by atoms with Gasteiger partial charge >= 0.3 is 0 Å². The number of hydrogen-bond donors (Lipinski definition) is 1. The van der Waals surface area contributed by atoms with Crippen molar-refractivity contribution >= 4 is 5.91 Å².